The first-order valence-electron chi connectivity index (χ1n) is 8.93. The smallest absolute Gasteiger partial charge is 0.338 e. The summed E-state index contributed by atoms with van der Waals surface area (Å²) in [7, 11) is 0. The summed E-state index contributed by atoms with van der Waals surface area (Å²) in [6.45, 7) is 4.47. The van der Waals surface area contributed by atoms with Crippen LogP contribution >= 0.6 is 0 Å². The number of benzene rings is 2. The minimum absolute atomic E-state index is 0.168. The molecular formula is C21H26FNO3. The number of carbonyl (C=O) groups excluding carboxylic acids is 1. The summed E-state index contributed by atoms with van der Waals surface area (Å²) in [4.78, 5) is 11.6. The van der Waals surface area contributed by atoms with E-state index >= 15 is 0 Å². The fourth-order valence-corrected chi connectivity index (χ4v) is 2.68. The van der Waals surface area contributed by atoms with Gasteiger partial charge in [0.2, 0.25) is 0 Å². The molecular weight excluding hydrogens is 333 g/mol. The van der Waals surface area contributed by atoms with E-state index in [2.05, 4.69) is 5.32 Å². The Hall–Kier alpha value is -2.24. The van der Waals surface area contributed by atoms with E-state index in [1.165, 1.54) is 6.07 Å². The van der Waals surface area contributed by atoms with Gasteiger partial charge in [-0.1, -0.05) is 30.3 Å². The van der Waals surface area contributed by atoms with Crippen LogP contribution < -0.4 is 5.32 Å². The molecule has 2 rings (SSSR count). The second-order valence-corrected chi connectivity index (χ2v) is 6.30. The van der Waals surface area contributed by atoms with Gasteiger partial charge in [0, 0.05) is 18.2 Å². The molecule has 2 aromatic carbocycles. The van der Waals surface area contributed by atoms with Crippen LogP contribution in [0.15, 0.2) is 48.5 Å². The minimum Gasteiger partial charge on any atom is -0.462 e. The van der Waals surface area contributed by atoms with Crippen molar-refractivity contribution in [3.63, 3.8) is 0 Å². The Balaban J connectivity index is 1.77. The standard InChI is InChI=1S/C21H26FNO3/c1-3-26-21(25)17-12-10-16(11-13-17)9-8-15(2)23-14-20(24)18-6-4-5-7-19(18)22/h4-7,10-13,15,20,23-24H,3,8-9,14H2,1-2H3/t15-,20-/m1/s1. The Morgan fingerprint density at radius 1 is 1.19 bits per heavy atom. The SMILES string of the molecule is CCOC(=O)c1ccc(CC[C@@H](C)NC[C@@H](O)c2ccccc2F)cc1. The Labute approximate surface area is 154 Å². The van der Waals surface area contributed by atoms with Crippen LogP contribution in [0.25, 0.3) is 0 Å². The Morgan fingerprint density at radius 3 is 2.54 bits per heavy atom. The van der Waals surface area contributed by atoms with Gasteiger partial charge in [0.15, 0.2) is 0 Å². The van der Waals surface area contributed by atoms with Crippen molar-refractivity contribution in [3.8, 4) is 0 Å². The first-order chi connectivity index (χ1) is 12.5. The van der Waals surface area contributed by atoms with Crippen LogP contribution in [0.5, 0.6) is 0 Å². The fraction of sp³-hybridized carbons (Fsp3) is 0.381. The van der Waals surface area contributed by atoms with Crippen LogP contribution in [0, 0.1) is 5.82 Å². The number of esters is 1. The van der Waals surface area contributed by atoms with Crippen LogP contribution in [0.4, 0.5) is 4.39 Å². The summed E-state index contributed by atoms with van der Waals surface area (Å²) in [5.41, 5.74) is 1.98. The molecule has 0 aliphatic carbocycles. The zero-order chi connectivity index (χ0) is 18.9. The molecule has 0 saturated carbocycles. The molecule has 0 bridgehead atoms. The number of halogens is 1. The maximum absolute atomic E-state index is 13.7. The van der Waals surface area contributed by atoms with E-state index < -0.39 is 11.9 Å². The van der Waals surface area contributed by atoms with Gasteiger partial charge in [-0.3, -0.25) is 0 Å². The molecule has 0 saturated heterocycles. The Kier molecular flexibility index (Phi) is 7.75. The minimum atomic E-state index is -0.873. The lowest BCUT2D eigenvalue weighted by molar-refractivity contribution is 0.0526. The van der Waals surface area contributed by atoms with E-state index in [0.29, 0.717) is 24.3 Å². The van der Waals surface area contributed by atoms with E-state index in [9.17, 15) is 14.3 Å². The Morgan fingerprint density at radius 2 is 1.88 bits per heavy atom. The van der Waals surface area contributed by atoms with Crippen LogP contribution in [-0.4, -0.2) is 30.3 Å². The van der Waals surface area contributed by atoms with Crippen molar-refractivity contribution in [2.75, 3.05) is 13.2 Å². The maximum Gasteiger partial charge on any atom is 0.338 e. The molecule has 0 unspecified atom stereocenters. The average Bonchev–Trinajstić information content (AvgIpc) is 2.65. The van der Waals surface area contributed by atoms with Crippen molar-refractivity contribution >= 4 is 5.97 Å². The van der Waals surface area contributed by atoms with Gasteiger partial charge >= 0.3 is 5.97 Å². The molecule has 0 amide bonds. The van der Waals surface area contributed by atoms with E-state index in [4.69, 9.17) is 4.74 Å². The van der Waals surface area contributed by atoms with Gasteiger partial charge in [-0.2, -0.15) is 0 Å². The summed E-state index contributed by atoms with van der Waals surface area (Å²) in [6.07, 6.45) is 0.832. The largest absolute Gasteiger partial charge is 0.462 e. The van der Waals surface area contributed by atoms with Gasteiger partial charge in [-0.15, -0.1) is 0 Å². The molecule has 140 valence electrons. The van der Waals surface area contributed by atoms with Crippen LogP contribution in [0.3, 0.4) is 0 Å². The van der Waals surface area contributed by atoms with Gasteiger partial charge in [0.05, 0.1) is 18.3 Å². The lowest BCUT2D eigenvalue weighted by Crippen LogP contribution is -2.31. The van der Waals surface area contributed by atoms with Gasteiger partial charge in [0.1, 0.15) is 5.82 Å². The molecule has 26 heavy (non-hydrogen) atoms. The number of carbonyl (C=O) groups is 1. The number of aliphatic hydroxyl groups is 1. The van der Waals surface area contributed by atoms with Crippen LogP contribution in [0.2, 0.25) is 0 Å². The highest BCUT2D eigenvalue weighted by Gasteiger charge is 2.13. The molecule has 0 aromatic heterocycles. The third-order valence-corrected chi connectivity index (χ3v) is 4.25. The molecule has 0 fully saturated rings. The van der Waals surface area contributed by atoms with Crippen molar-refractivity contribution in [2.45, 2.75) is 38.8 Å². The predicted octanol–water partition coefficient (Wildman–Crippen LogP) is 3.65. The highest BCUT2D eigenvalue weighted by Crippen LogP contribution is 2.16. The number of hydrogen-bond acceptors (Lipinski definition) is 4. The maximum atomic E-state index is 13.7. The molecule has 4 nitrogen and oxygen atoms in total. The molecule has 5 heteroatoms. The Bertz CT molecular complexity index is 703. The van der Waals surface area contributed by atoms with E-state index in [1.54, 1.807) is 37.3 Å². The summed E-state index contributed by atoms with van der Waals surface area (Å²) in [6, 6.07) is 13.8. The summed E-state index contributed by atoms with van der Waals surface area (Å²) < 4.78 is 18.6. The first kappa shape index (κ1) is 20.1. The zero-order valence-electron chi connectivity index (χ0n) is 15.2. The van der Waals surface area contributed by atoms with Gasteiger partial charge in [-0.25, -0.2) is 9.18 Å². The van der Waals surface area contributed by atoms with Gasteiger partial charge in [-0.05, 0) is 50.5 Å². The third-order valence-electron chi connectivity index (χ3n) is 4.25. The van der Waals surface area contributed by atoms with E-state index in [1.807, 2.05) is 19.1 Å². The van der Waals surface area contributed by atoms with Crippen molar-refractivity contribution < 1.29 is 19.0 Å². The molecule has 2 atom stereocenters. The molecule has 0 spiro atoms. The predicted molar refractivity (Wildman–Crippen MR) is 99.5 cm³/mol. The zero-order valence-corrected chi connectivity index (χ0v) is 15.2. The van der Waals surface area contributed by atoms with Crippen LogP contribution in [0.1, 0.15) is 47.9 Å². The second-order valence-electron chi connectivity index (χ2n) is 6.30. The molecule has 0 aliphatic heterocycles. The molecule has 2 N–H and O–H groups in total. The number of aryl methyl sites for hydroxylation is 1. The lowest BCUT2D eigenvalue weighted by Gasteiger charge is -2.18. The molecule has 0 aliphatic rings. The summed E-state index contributed by atoms with van der Waals surface area (Å²) >= 11 is 0. The van der Waals surface area contributed by atoms with Crippen molar-refractivity contribution in [2.24, 2.45) is 0 Å². The summed E-state index contributed by atoms with van der Waals surface area (Å²) in [5, 5.41) is 13.3. The molecule has 0 radical (unpaired) electrons. The summed E-state index contributed by atoms with van der Waals surface area (Å²) in [5.74, 6) is -0.702. The topological polar surface area (TPSA) is 58.6 Å². The van der Waals surface area contributed by atoms with E-state index in [0.717, 1.165) is 18.4 Å². The van der Waals surface area contributed by atoms with Gasteiger partial charge < -0.3 is 15.2 Å². The molecule has 2 aromatic rings. The van der Waals surface area contributed by atoms with Crippen LogP contribution in [-0.2, 0) is 11.2 Å². The highest BCUT2D eigenvalue weighted by molar-refractivity contribution is 5.89. The number of ether oxygens (including phenoxy) is 1. The third kappa shape index (κ3) is 5.93. The number of rotatable bonds is 9. The first-order valence-corrected chi connectivity index (χ1v) is 8.93. The number of nitrogens with one attached hydrogen (secondary N) is 1. The van der Waals surface area contributed by atoms with Crippen molar-refractivity contribution in [1.82, 2.24) is 5.32 Å². The number of aliphatic hydroxyl groups excluding tert-OH is 1. The quantitative estimate of drug-likeness (QED) is 0.671. The number of hydrogen-bond donors (Lipinski definition) is 2. The fourth-order valence-electron chi connectivity index (χ4n) is 2.68. The normalized spacial score (nSPS) is 13.2. The highest BCUT2D eigenvalue weighted by atomic mass is 19.1. The second kappa shape index (κ2) is 10.0. The van der Waals surface area contributed by atoms with Gasteiger partial charge in [0.25, 0.3) is 0 Å². The van der Waals surface area contributed by atoms with Crippen molar-refractivity contribution in [1.29, 1.82) is 0 Å². The average molecular weight is 359 g/mol. The lowest BCUT2D eigenvalue weighted by atomic mass is 10.0. The van der Waals surface area contributed by atoms with Crippen molar-refractivity contribution in [3.05, 3.63) is 71.0 Å². The molecule has 0 heterocycles. The monoisotopic (exact) mass is 359 g/mol. The van der Waals surface area contributed by atoms with E-state index in [-0.39, 0.29) is 12.0 Å².